The number of carbonyl (C=O) groups excluding carboxylic acids is 1. The van der Waals surface area contributed by atoms with Gasteiger partial charge >= 0.3 is 0 Å². The van der Waals surface area contributed by atoms with E-state index in [-0.39, 0.29) is 5.91 Å². The third-order valence-corrected chi connectivity index (χ3v) is 4.69. The van der Waals surface area contributed by atoms with Crippen LogP contribution in [0.5, 0.6) is 0 Å². The Hall–Kier alpha value is -2.43. The smallest absolute Gasteiger partial charge is 0.272 e. The van der Waals surface area contributed by atoms with Crippen LogP contribution in [0.15, 0.2) is 36.4 Å². The molecule has 1 aliphatic heterocycles. The van der Waals surface area contributed by atoms with Crippen molar-refractivity contribution in [3.05, 3.63) is 53.5 Å². The molecule has 5 nitrogen and oxygen atoms in total. The van der Waals surface area contributed by atoms with Crippen LogP contribution >= 0.6 is 0 Å². The fourth-order valence-electron chi connectivity index (χ4n) is 3.12. The third-order valence-electron chi connectivity index (χ3n) is 4.69. The SMILES string of the molecule is Cc1nc(NCCc2ccccc2)cc(C(=O)N2CCC(C)CC2)n1. The molecule has 1 amide bonds. The number of rotatable bonds is 5. The Labute approximate surface area is 149 Å². The average molecular weight is 338 g/mol. The van der Waals surface area contributed by atoms with Crippen molar-refractivity contribution in [3.8, 4) is 0 Å². The number of benzene rings is 1. The van der Waals surface area contributed by atoms with E-state index in [9.17, 15) is 4.79 Å². The summed E-state index contributed by atoms with van der Waals surface area (Å²) >= 11 is 0. The lowest BCUT2D eigenvalue weighted by atomic mass is 9.99. The monoisotopic (exact) mass is 338 g/mol. The molecule has 2 aromatic rings. The van der Waals surface area contributed by atoms with Crippen LogP contribution in [0, 0.1) is 12.8 Å². The number of nitrogens with zero attached hydrogens (tertiary/aromatic N) is 3. The highest BCUT2D eigenvalue weighted by atomic mass is 16.2. The maximum absolute atomic E-state index is 12.7. The van der Waals surface area contributed by atoms with Gasteiger partial charge in [-0.05, 0) is 37.7 Å². The molecular weight excluding hydrogens is 312 g/mol. The zero-order chi connectivity index (χ0) is 17.6. The van der Waals surface area contributed by atoms with Crippen molar-refractivity contribution >= 4 is 11.7 Å². The third kappa shape index (κ3) is 4.78. The predicted octanol–water partition coefficient (Wildman–Crippen LogP) is 3.31. The van der Waals surface area contributed by atoms with Gasteiger partial charge < -0.3 is 10.2 Å². The summed E-state index contributed by atoms with van der Waals surface area (Å²) in [4.78, 5) is 23.4. The van der Waals surface area contributed by atoms with Gasteiger partial charge in [-0.2, -0.15) is 0 Å². The molecule has 0 atom stereocenters. The number of likely N-dealkylation sites (tertiary alicyclic amines) is 1. The van der Waals surface area contributed by atoms with Crippen LogP contribution in [0.25, 0.3) is 0 Å². The standard InChI is InChI=1S/C20H26N4O/c1-15-9-12-24(13-10-15)20(25)18-14-19(23-16(2)22-18)21-11-8-17-6-4-3-5-7-17/h3-7,14-15H,8-13H2,1-2H3,(H,21,22,23). The largest absolute Gasteiger partial charge is 0.370 e. The molecule has 0 aliphatic carbocycles. The van der Waals surface area contributed by atoms with Crippen molar-refractivity contribution in [3.63, 3.8) is 0 Å². The molecule has 1 aromatic heterocycles. The highest BCUT2D eigenvalue weighted by molar-refractivity contribution is 5.93. The van der Waals surface area contributed by atoms with Crippen LogP contribution < -0.4 is 5.32 Å². The van der Waals surface area contributed by atoms with E-state index in [0.29, 0.717) is 17.4 Å². The number of hydrogen-bond donors (Lipinski definition) is 1. The fraction of sp³-hybridized carbons (Fsp3) is 0.450. The second-order valence-corrected chi connectivity index (χ2v) is 6.82. The predicted molar refractivity (Wildman–Crippen MR) is 99.7 cm³/mol. The quantitative estimate of drug-likeness (QED) is 0.909. The molecule has 1 N–H and O–H groups in total. The molecule has 0 bridgehead atoms. The van der Waals surface area contributed by atoms with E-state index < -0.39 is 0 Å². The molecule has 1 fully saturated rings. The molecule has 0 spiro atoms. The molecule has 1 saturated heterocycles. The molecule has 0 radical (unpaired) electrons. The van der Waals surface area contributed by atoms with Crippen LogP contribution in [0.3, 0.4) is 0 Å². The van der Waals surface area contributed by atoms with E-state index >= 15 is 0 Å². The number of piperidine rings is 1. The Morgan fingerprint density at radius 3 is 2.64 bits per heavy atom. The van der Waals surface area contributed by atoms with Crippen molar-refractivity contribution in [2.24, 2.45) is 5.92 Å². The summed E-state index contributed by atoms with van der Waals surface area (Å²) in [7, 11) is 0. The molecule has 132 valence electrons. The summed E-state index contributed by atoms with van der Waals surface area (Å²) < 4.78 is 0. The summed E-state index contributed by atoms with van der Waals surface area (Å²) in [5, 5.41) is 3.32. The molecule has 2 heterocycles. The summed E-state index contributed by atoms with van der Waals surface area (Å²) in [6.07, 6.45) is 3.05. The van der Waals surface area contributed by atoms with Gasteiger partial charge in [-0.15, -0.1) is 0 Å². The number of anilines is 1. The summed E-state index contributed by atoms with van der Waals surface area (Å²) in [6, 6.07) is 12.1. The van der Waals surface area contributed by atoms with Crippen LogP contribution in [0.1, 0.15) is 41.6 Å². The lowest BCUT2D eigenvalue weighted by Crippen LogP contribution is -2.38. The van der Waals surface area contributed by atoms with E-state index in [2.05, 4.69) is 34.3 Å². The van der Waals surface area contributed by atoms with E-state index in [1.165, 1.54) is 5.56 Å². The highest BCUT2D eigenvalue weighted by Crippen LogP contribution is 2.18. The van der Waals surface area contributed by atoms with Gasteiger partial charge in [-0.3, -0.25) is 4.79 Å². The zero-order valence-corrected chi connectivity index (χ0v) is 15.0. The lowest BCUT2D eigenvalue weighted by molar-refractivity contribution is 0.0691. The van der Waals surface area contributed by atoms with Gasteiger partial charge in [0.05, 0.1) is 0 Å². The van der Waals surface area contributed by atoms with Crippen molar-refractivity contribution in [2.75, 3.05) is 25.0 Å². The van der Waals surface area contributed by atoms with Gasteiger partial charge in [-0.25, -0.2) is 9.97 Å². The van der Waals surface area contributed by atoms with E-state index in [1.54, 1.807) is 6.07 Å². The zero-order valence-electron chi connectivity index (χ0n) is 15.0. The number of aromatic nitrogens is 2. The summed E-state index contributed by atoms with van der Waals surface area (Å²) in [5.74, 6) is 2.06. The molecular formula is C20H26N4O. The Kier molecular flexibility index (Phi) is 5.64. The van der Waals surface area contributed by atoms with Gasteiger partial charge in [-0.1, -0.05) is 37.3 Å². The van der Waals surface area contributed by atoms with E-state index in [0.717, 1.165) is 44.7 Å². The minimum Gasteiger partial charge on any atom is -0.370 e. The number of nitrogens with one attached hydrogen (secondary N) is 1. The van der Waals surface area contributed by atoms with Gasteiger partial charge in [0.2, 0.25) is 0 Å². The van der Waals surface area contributed by atoms with Crippen LogP contribution in [0.4, 0.5) is 5.82 Å². The Balaban J connectivity index is 1.62. The minimum atomic E-state index is 0.0171. The van der Waals surface area contributed by atoms with Crippen LogP contribution in [-0.2, 0) is 6.42 Å². The Morgan fingerprint density at radius 1 is 1.20 bits per heavy atom. The first-order chi connectivity index (χ1) is 12.1. The second kappa shape index (κ2) is 8.10. The first-order valence-corrected chi connectivity index (χ1v) is 9.04. The Bertz CT molecular complexity index is 709. The molecule has 3 rings (SSSR count). The van der Waals surface area contributed by atoms with Crippen LogP contribution in [0.2, 0.25) is 0 Å². The minimum absolute atomic E-state index is 0.0171. The summed E-state index contributed by atoms with van der Waals surface area (Å²) in [6.45, 7) is 6.48. The molecule has 25 heavy (non-hydrogen) atoms. The number of carbonyl (C=O) groups is 1. The van der Waals surface area contributed by atoms with Gasteiger partial charge in [0, 0.05) is 25.7 Å². The molecule has 5 heteroatoms. The summed E-state index contributed by atoms with van der Waals surface area (Å²) in [5.41, 5.74) is 1.77. The molecule has 1 aliphatic rings. The van der Waals surface area contributed by atoms with Crippen molar-refractivity contribution in [2.45, 2.75) is 33.1 Å². The maximum atomic E-state index is 12.7. The highest BCUT2D eigenvalue weighted by Gasteiger charge is 2.23. The van der Waals surface area contributed by atoms with E-state index in [4.69, 9.17) is 0 Å². The molecule has 0 unspecified atom stereocenters. The van der Waals surface area contributed by atoms with Crippen molar-refractivity contribution < 1.29 is 4.79 Å². The van der Waals surface area contributed by atoms with Crippen molar-refractivity contribution in [1.29, 1.82) is 0 Å². The first-order valence-electron chi connectivity index (χ1n) is 9.04. The Morgan fingerprint density at radius 2 is 1.92 bits per heavy atom. The second-order valence-electron chi connectivity index (χ2n) is 6.82. The number of amides is 1. The maximum Gasteiger partial charge on any atom is 0.272 e. The lowest BCUT2D eigenvalue weighted by Gasteiger charge is -2.30. The molecule has 1 aromatic carbocycles. The fourth-order valence-corrected chi connectivity index (χ4v) is 3.12. The number of aryl methyl sites for hydroxylation is 1. The van der Waals surface area contributed by atoms with Gasteiger partial charge in [0.1, 0.15) is 17.3 Å². The normalized spacial score (nSPS) is 15.2. The average Bonchev–Trinajstić information content (AvgIpc) is 2.62. The van der Waals surface area contributed by atoms with Gasteiger partial charge in [0.15, 0.2) is 0 Å². The van der Waals surface area contributed by atoms with E-state index in [1.807, 2.05) is 30.0 Å². The number of hydrogen-bond acceptors (Lipinski definition) is 4. The molecule has 0 saturated carbocycles. The van der Waals surface area contributed by atoms with Crippen LogP contribution in [-0.4, -0.2) is 40.4 Å². The van der Waals surface area contributed by atoms with Gasteiger partial charge in [0.25, 0.3) is 5.91 Å². The van der Waals surface area contributed by atoms with Crippen molar-refractivity contribution in [1.82, 2.24) is 14.9 Å². The topological polar surface area (TPSA) is 58.1 Å². The first kappa shape index (κ1) is 17.4.